The van der Waals surface area contributed by atoms with Gasteiger partial charge in [-0.25, -0.2) is 9.67 Å². The molecule has 7 heteroatoms. The smallest absolute Gasteiger partial charge is 0.255 e. The van der Waals surface area contributed by atoms with Crippen molar-refractivity contribution >= 4 is 34.8 Å². The monoisotopic (exact) mass is 360 g/mol. The molecule has 1 N–H and O–H groups in total. The van der Waals surface area contributed by atoms with Crippen LogP contribution >= 0.6 is 23.2 Å². The van der Waals surface area contributed by atoms with E-state index in [0.717, 1.165) is 11.4 Å². The number of hydrogen-bond acceptors (Lipinski definition) is 3. The summed E-state index contributed by atoms with van der Waals surface area (Å²) in [6.07, 6.45) is 1.58. The number of nitrogens with zero attached hydrogens (tertiary/aromatic N) is 3. The van der Waals surface area contributed by atoms with E-state index in [1.807, 2.05) is 19.9 Å². The van der Waals surface area contributed by atoms with Crippen molar-refractivity contribution in [3.8, 4) is 5.82 Å². The number of rotatable bonds is 3. The highest BCUT2D eigenvalue weighted by Crippen LogP contribution is 2.23. The molecule has 122 valence electrons. The molecule has 0 fully saturated rings. The van der Waals surface area contributed by atoms with Crippen molar-refractivity contribution < 1.29 is 4.79 Å². The SMILES string of the molecule is Cc1cc(C)n(-c2ccc(NC(=O)c3ccc(Cl)c(Cl)c3)cn2)n1. The lowest BCUT2D eigenvalue weighted by molar-refractivity contribution is 0.102. The van der Waals surface area contributed by atoms with Gasteiger partial charge in [-0.2, -0.15) is 5.10 Å². The van der Waals surface area contributed by atoms with Crippen molar-refractivity contribution in [3.05, 3.63) is 69.6 Å². The maximum Gasteiger partial charge on any atom is 0.255 e. The highest BCUT2D eigenvalue weighted by molar-refractivity contribution is 6.42. The number of amides is 1. The molecule has 5 nitrogen and oxygen atoms in total. The number of aryl methyl sites for hydroxylation is 2. The summed E-state index contributed by atoms with van der Waals surface area (Å²) in [4.78, 5) is 16.6. The maximum atomic E-state index is 12.2. The largest absolute Gasteiger partial charge is 0.321 e. The van der Waals surface area contributed by atoms with Gasteiger partial charge in [-0.15, -0.1) is 0 Å². The highest BCUT2D eigenvalue weighted by atomic mass is 35.5. The Morgan fingerprint density at radius 3 is 2.46 bits per heavy atom. The van der Waals surface area contributed by atoms with Gasteiger partial charge in [0, 0.05) is 11.3 Å². The quantitative estimate of drug-likeness (QED) is 0.750. The Morgan fingerprint density at radius 1 is 1.08 bits per heavy atom. The number of pyridine rings is 1. The number of carbonyl (C=O) groups is 1. The van der Waals surface area contributed by atoms with Crippen molar-refractivity contribution in [2.45, 2.75) is 13.8 Å². The summed E-state index contributed by atoms with van der Waals surface area (Å²) >= 11 is 11.8. The molecule has 3 aromatic rings. The predicted octanol–water partition coefficient (Wildman–Crippen LogP) is 4.44. The van der Waals surface area contributed by atoms with Crippen LogP contribution in [0.25, 0.3) is 5.82 Å². The normalized spacial score (nSPS) is 10.7. The Balaban J connectivity index is 1.77. The van der Waals surface area contributed by atoms with Crippen LogP contribution in [0.1, 0.15) is 21.7 Å². The van der Waals surface area contributed by atoms with Crippen molar-refractivity contribution in [1.82, 2.24) is 14.8 Å². The summed E-state index contributed by atoms with van der Waals surface area (Å²) in [6, 6.07) is 10.3. The molecule has 2 heterocycles. The molecule has 2 aromatic heterocycles. The Hall–Kier alpha value is -2.37. The lowest BCUT2D eigenvalue weighted by atomic mass is 10.2. The Kier molecular flexibility index (Phi) is 4.55. The van der Waals surface area contributed by atoms with Crippen LogP contribution in [-0.4, -0.2) is 20.7 Å². The first-order valence-electron chi connectivity index (χ1n) is 7.20. The average molecular weight is 361 g/mol. The van der Waals surface area contributed by atoms with Crippen molar-refractivity contribution in [3.63, 3.8) is 0 Å². The van der Waals surface area contributed by atoms with E-state index in [1.54, 1.807) is 35.1 Å². The summed E-state index contributed by atoms with van der Waals surface area (Å²) in [6.45, 7) is 3.89. The number of nitrogens with one attached hydrogen (secondary N) is 1. The lowest BCUT2D eigenvalue weighted by Crippen LogP contribution is -2.12. The van der Waals surface area contributed by atoms with Crippen LogP contribution in [0.4, 0.5) is 5.69 Å². The van der Waals surface area contributed by atoms with Gasteiger partial charge in [0.15, 0.2) is 5.82 Å². The summed E-state index contributed by atoms with van der Waals surface area (Å²) in [7, 11) is 0. The van der Waals surface area contributed by atoms with E-state index in [-0.39, 0.29) is 5.91 Å². The number of aromatic nitrogens is 3. The minimum absolute atomic E-state index is 0.283. The number of halogens is 2. The Labute approximate surface area is 149 Å². The van der Waals surface area contributed by atoms with E-state index in [0.29, 0.717) is 27.1 Å². The molecule has 0 radical (unpaired) electrons. The fourth-order valence-corrected chi connectivity index (χ4v) is 2.58. The van der Waals surface area contributed by atoms with Gasteiger partial charge in [-0.1, -0.05) is 23.2 Å². The molecule has 0 saturated carbocycles. The second-order valence-electron chi connectivity index (χ2n) is 5.33. The topological polar surface area (TPSA) is 59.8 Å². The zero-order chi connectivity index (χ0) is 17.3. The molecule has 0 atom stereocenters. The molecule has 0 aliphatic carbocycles. The summed E-state index contributed by atoms with van der Waals surface area (Å²) in [5, 5.41) is 7.89. The molecule has 0 aliphatic rings. The number of anilines is 1. The minimum atomic E-state index is -0.283. The average Bonchev–Trinajstić information content (AvgIpc) is 2.89. The van der Waals surface area contributed by atoms with E-state index < -0.39 is 0 Å². The van der Waals surface area contributed by atoms with Crippen molar-refractivity contribution in [2.75, 3.05) is 5.32 Å². The lowest BCUT2D eigenvalue weighted by Gasteiger charge is -2.08. The number of hydrogen-bond donors (Lipinski definition) is 1. The minimum Gasteiger partial charge on any atom is -0.321 e. The molecule has 1 amide bonds. The van der Waals surface area contributed by atoms with E-state index in [4.69, 9.17) is 23.2 Å². The van der Waals surface area contributed by atoms with Gasteiger partial charge in [0.25, 0.3) is 5.91 Å². The fourth-order valence-electron chi connectivity index (χ4n) is 2.29. The number of benzene rings is 1. The third kappa shape index (κ3) is 3.42. The zero-order valence-electron chi connectivity index (χ0n) is 13.0. The van der Waals surface area contributed by atoms with Gasteiger partial charge in [0.2, 0.25) is 0 Å². The van der Waals surface area contributed by atoms with Gasteiger partial charge in [-0.05, 0) is 50.2 Å². The first-order valence-corrected chi connectivity index (χ1v) is 7.96. The van der Waals surface area contributed by atoms with Crippen LogP contribution in [0.15, 0.2) is 42.6 Å². The third-order valence-corrected chi connectivity index (χ3v) is 4.15. The van der Waals surface area contributed by atoms with Crippen LogP contribution < -0.4 is 5.32 Å². The van der Waals surface area contributed by atoms with Gasteiger partial charge in [-0.3, -0.25) is 4.79 Å². The second kappa shape index (κ2) is 6.63. The van der Waals surface area contributed by atoms with Crippen LogP contribution in [0.3, 0.4) is 0 Å². The van der Waals surface area contributed by atoms with Crippen molar-refractivity contribution in [1.29, 1.82) is 0 Å². The molecular weight excluding hydrogens is 347 g/mol. The number of carbonyl (C=O) groups excluding carboxylic acids is 1. The van der Waals surface area contributed by atoms with Gasteiger partial charge < -0.3 is 5.32 Å². The molecule has 0 bridgehead atoms. The summed E-state index contributed by atoms with van der Waals surface area (Å²) < 4.78 is 1.75. The zero-order valence-corrected chi connectivity index (χ0v) is 14.6. The van der Waals surface area contributed by atoms with Crippen molar-refractivity contribution in [2.24, 2.45) is 0 Å². The molecule has 0 spiro atoms. The third-order valence-electron chi connectivity index (χ3n) is 3.41. The molecule has 3 rings (SSSR count). The van der Waals surface area contributed by atoms with E-state index in [1.165, 1.54) is 6.07 Å². The molecular formula is C17H14Cl2N4O. The van der Waals surface area contributed by atoms with Crippen LogP contribution in [0.2, 0.25) is 10.0 Å². The fraction of sp³-hybridized carbons (Fsp3) is 0.118. The van der Waals surface area contributed by atoms with E-state index in [2.05, 4.69) is 15.4 Å². The van der Waals surface area contributed by atoms with Crippen LogP contribution in [0, 0.1) is 13.8 Å². The highest BCUT2D eigenvalue weighted by Gasteiger charge is 2.10. The molecule has 1 aromatic carbocycles. The summed E-state index contributed by atoms with van der Waals surface area (Å²) in [5.41, 5.74) is 2.92. The summed E-state index contributed by atoms with van der Waals surface area (Å²) in [5.74, 6) is 0.405. The van der Waals surface area contributed by atoms with Gasteiger partial charge in [0.05, 0.1) is 27.6 Å². The molecule has 0 saturated heterocycles. The maximum absolute atomic E-state index is 12.2. The van der Waals surface area contributed by atoms with E-state index >= 15 is 0 Å². The predicted molar refractivity (Wildman–Crippen MR) is 95.2 cm³/mol. The second-order valence-corrected chi connectivity index (χ2v) is 6.14. The van der Waals surface area contributed by atoms with E-state index in [9.17, 15) is 4.79 Å². The van der Waals surface area contributed by atoms with Crippen LogP contribution in [-0.2, 0) is 0 Å². The Bertz CT molecular complexity index is 903. The first kappa shape index (κ1) is 16.5. The first-order chi connectivity index (χ1) is 11.4. The van der Waals surface area contributed by atoms with Gasteiger partial charge >= 0.3 is 0 Å². The standard InChI is InChI=1S/C17H14Cl2N4O/c1-10-7-11(2)23(22-10)16-6-4-13(9-20-16)21-17(24)12-3-5-14(18)15(19)8-12/h3-9H,1-2H3,(H,21,24). The molecule has 0 unspecified atom stereocenters. The van der Waals surface area contributed by atoms with Crippen LogP contribution in [0.5, 0.6) is 0 Å². The molecule has 24 heavy (non-hydrogen) atoms. The molecule has 0 aliphatic heterocycles. The Morgan fingerprint density at radius 2 is 1.88 bits per heavy atom. The van der Waals surface area contributed by atoms with Gasteiger partial charge in [0.1, 0.15) is 0 Å².